The number of pyridine rings is 1. The quantitative estimate of drug-likeness (QED) is 0.283. The number of nitrogens with zero attached hydrogens (tertiary/aromatic N) is 3. The van der Waals surface area contributed by atoms with Crippen LogP contribution in [0.25, 0.3) is 0 Å². The van der Waals surface area contributed by atoms with Gasteiger partial charge < -0.3 is 15.5 Å². The molecule has 0 amide bonds. The van der Waals surface area contributed by atoms with Crippen LogP contribution in [-0.4, -0.2) is 29.6 Å². The number of halogens is 1. The summed E-state index contributed by atoms with van der Waals surface area (Å²) in [5.41, 5.74) is 11.9. The normalized spacial score (nSPS) is 14.8. The first kappa shape index (κ1) is 24.9. The van der Waals surface area contributed by atoms with Crippen LogP contribution in [-0.2, 0) is 13.1 Å². The summed E-state index contributed by atoms with van der Waals surface area (Å²) in [5, 5.41) is 1.47. The Morgan fingerprint density at radius 3 is 2.74 bits per heavy atom. The minimum atomic E-state index is -0.389. The van der Waals surface area contributed by atoms with Crippen molar-refractivity contribution in [2.45, 2.75) is 46.7 Å². The number of rotatable bonds is 7. The number of hydrogen-bond donors (Lipinski definition) is 2. The SMILES string of the molecule is CCN(N)c1ccc(C(c2ccc(C)c(CN3CCOc4cccnc4C3)c2)C(C)C)c(F)c1N. The molecule has 0 fully saturated rings. The van der Waals surface area contributed by atoms with Gasteiger partial charge in [0.1, 0.15) is 12.4 Å². The number of nitrogen functional groups attached to an aromatic ring is 1. The van der Waals surface area contributed by atoms with Gasteiger partial charge in [0.2, 0.25) is 0 Å². The summed E-state index contributed by atoms with van der Waals surface area (Å²) in [4.78, 5) is 6.86. The van der Waals surface area contributed by atoms with Crippen molar-refractivity contribution in [3.63, 3.8) is 0 Å². The molecule has 6 nitrogen and oxygen atoms in total. The van der Waals surface area contributed by atoms with E-state index in [-0.39, 0.29) is 23.3 Å². The number of nitrogens with two attached hydrogens (primary N) is 2. The van der Waals surface area contributed by atoms with Crippen LogP contribution in [0, 0.1) is 18.7 Å². The molecule has 0 aliphatic carbocycles. The molecule has 2 heterocycles. The van der Waals surface area contributed by atoms with E-state index in [0.717, 1.165) is 36.6 Å². The number of hydrogen-bond acceptors (Lipinski definition) is 6. The predicted molar refractivity (Wildman–Crippen MR) is 140 cm³/mol. The molecule has 0 spiro atoms. The average molecular weight is 478 g/mol. The molecule has 1 unspecified atom stereocenters. The molecule has 0 saturated heterocycles. The van der Waals surface area contributed by atoms with Crippen molar-refractivity contribution in [2.75, 3.05) is 30.4 Å². The van der Waals surface area contributed by atoms with E-state index >= 15 is 4.39 Å². The van der Waals surface area contributed by atoms with Gasteiger partial charge in [-0.25, -0.2) is 10.2 Å². The summed E-state index contributed by atoms with van der Waals surface area (Å²) in [5.74, 6) is 6.51. The third-order valence-corrected chi connectivity index (χ3v) is 6.85. The molecular formula is C28H36FN5O. The molecule has 1 atom stereocenters. The second-order valence-corrected chi connectivity index (χ2v) is 9.60. The van der Waals surface area contributed by atoms with Crippen molar-refractivity contribution in [1.29, 1.82) is 0 Å². The third-order valence-electron chi connectivity index (χ3n) is 6.85. The lowest BCUT2D eigenvalue weighted by atomic mass is 9.81. The molecule has 0 bridgehead atoms. The molecule has 1 aliphatic heterocycles. The second-order valence-electron chi connectivity index (χ2n) is 9.60. The fraction of sp³-hybridized carbons (Fsp3) is 0.393. The molecule has 1 aliphatic rings. The lowest BCUT2D eigenvalue weighted by molar-refractivity contribution is 0.218. The van der Waals surface area contributed by atoms with Gasteiger partial charge in [-0.2, -0.15) is 0 Å². The number of aryl methyl sites for hydroxylation is 1. The van der Waals surface area contributed by atoms with E-state index < -0.39 is 0 Å². The zero-order chi connectivity index (χ0) is 25.1. The maximum Gasteiger partial charge on any atom is 0.152 e. The number of aromatic nitrogens is 1. The van der Waals surface area contributed by atoms with Crippen LogP contribution >= 0.6 is 0 Å². The minimum Gasteiger partial charge on any atom is -0.490 e. The second kappa shape index (κ2) is 10.6. The zero-order valence-corrected chi connectivity index (χ0v) is 21.1. The third kappa shape index (κ3) is 5.26. The van der Waals surface area contributed by atoms with Gasteiger partial charge in [-0.1, -0.05) is 38.1 Å². The molecule has 1 aromatic heterocycles. The highest BCUT2D eigenvalue weighted by Gasteiger charge is 2.25. The van der Waals surface area contributed by atoms with Gasteiger partial charge in [0.05, 0.1) is 17.1 Å². The Morgan fingerprint density at radius 1 is 1.20 bits per heavy atom. The van der Waals surface area contributed by atoms with Crippen molar-refractivity contribution in [2.24, 2.45) is 11.8 Å². The standard InChI is InChI=1S/C28H36FN5O/c1-5-34(31)24-11-10-22(27(29)28(24)30)26(18(2)3)20-9-8-19(4)21(15-20)16-33-13-14-35-25-7-6-12-32-23(25)17-33/h6-12,15,18,26H,5,13-14,16-17,30-31H2,1-4H3. The molecule has 7 heteroatoms. The van der Waals surface area contributed by atoms with E-state index in [1.54, 1.807) is 6.20 Å². The van der Waals surface area contributed by atoms with Gasteiger partial charge in [0.15, 0.2) is 5.82 Å². The molecular weight excluding hydrogens is 441 g/mol. The van der Waals surface area contributed by atoms with E-state index in [9.17, 15) is 0 Å². The number of anilines is 2. The molecule has 4 rings (SSSR count). The first-order valence-electron chi connectivity index (χ1n) is 12.3. The molecule has 3 aromatic rings. The van der Waals surface area contributed by atoms with Crippen molar-refractivity contribution in [3.05, 3.63) is 82.4 Å². The largest absolute Gasteiger partial charge is 0.490 e. The smallest absolute Gasteiger partial charge is 0.152 e. The highest BCUT2D eigenvalue weighted by molar-refractivity contribution is 5.69. The Balaban J connectivity index is 1.65. The number of hydrazine groups is 1. The highest BCUT2D eigenvalue weighted by Crippen LogP contribution is 2.38. The van der Waals surface area contributed by atoms with Crippen molar-refractivity contribution in [3.8, 4) is 5.75 Å². The van der Waals surface area contributed by atoms with Gasteiger partial charge in [-0.15, -0.1) is 0 Å². The van der Waals surface area contributed by atoms with Crippen LogP contribution in [0.15, 0.2) is 48.7 Å². The zero-order valence-electron chi connectivity index (χ0n) is 21.1. The summed E-state index contributed by atoms with van der Waals surface area (Å²) in [6.45, 7) is 11.7. The summed E-state index contributed by atoms with van der Waals surface area (Å²) in [6, 6.07) is 14.0. The van der Waals surface area contributed by atoms with E-state index in [4.69, 9.17) is 16.3 Å². The van der Waals surface area contributed by atoms with Gasteiger partial charge in [0.25, 0.3) is 0 Å². The number of ether oxygens (including phenoxy) is 1. The van der Waals surface area contributed by atoms with Crippen LogP contribution < -0.4 is 21.3 Å². The minimum absolute atomic E-state index is 0.0977. The van der Waals surface area contributed by atoms with Crippen molar-refractivity contribution in [1.82, 2.24) is 9.88 Å². The Kier molecular flexibility index (Phi) is 7.57. The van der Waals surface area contributed by atoms with Crippen molar-refractivity contribution < 1.29 is 9.13 Å². The van der Waals surface area contributed by atoms with E-state index in [1.165, 1.54) is 16.1 Å². The Morgan fingerprint density at radius 2 is 2.00 bits per heavy atom. The topological polar surface area (TPSA) is 80.6 Å². The molecule has 186 valence electrons. The summed E-state index contributed by atoms with van der Waals surface area (Å²) >= 11 is 0. The van der Waals surface area contributed by atoms with Crippen LogP contribution in [0.2, 0.25) is 0 Å². The number of fused-ring (bicyclic) bond motifs is 1. The highest BCUT2D eigenvalue weighted by atomic mass is 19.1. The van der Waals surface area contributed by atoms with Crippen LogP contribution in [0.1, 0.15) is 54.6 Å². The summed E-state index contributed by atoms with van der Waals surface area (Å²) in [6.07, 6.45) is 1.81. The molecule has 4 N–H and O–H groups in total. The van der Waals surface area contributed by atoms with Crippen LogP contribution in [0.4, 0.5) is 15.8 Å². The Bertz CT molecular complexity index is 1180. The Hall–Kier alpha value is -3.16. The van der Waals surface area contributed by atoms with Crippen molar-refractivity contribution >= 4 is 11.4 Å². The van der Waals surface area contributed by atoms with E-state index in [0.29, 0.717) is 24.4 Å². The van der Waals surface area contributed by atoms with E-state index in [2.05, 4.69) is 48.9 Å². The fourth-order valence-corrected chi connectivity index (χ4v) is 4.86. The van der Waals surface area contributed by atoms with E-state index in [1.807, 2.05) is 31.2 Å². The Labute approximate surface area is 207 Å². The summed E-state index contributed by atoms with van der Waals surface area (Å²) < 4.78 is 21.4. The number of benzene rings is 2. The monoisotopic (exact) mass is 477 g/mol. The van der Waals surface area contributed by atoms with Gasteiger partial charge in [0, 0.05) is 38.3 Å². The summed E-state index contributed by atoms with van der Waals surface area (Å²) in [7, 11) is 0. The molecule has 35 heavy (non-hydrogen) atoms. The maximum atomic E-state index is 15.6. The molecule has 0 radical (unpaired) electrons. The lowest BCUT2D eigenvalue weighted by Crippen LogP contribution is -2.31. The average Bonchev–Trinajstić information content (AvgIpc) is 3.05. The first-order valence-corrected chi connectivity index (χ1v) is 12.3. The first-order chi connectivity index (χ1) is 16.8. The fourth-order valence-electron chi connectivity index (χ4n) is 4.86. The van der Waals surface area contributed by atoms with Gasteiger partial charge >= 0.3 is 0 Å². The lowest BCUT2D eigenvalue weighted by Gasteiger charge is -2.27. The van der Waals surface area contributed by atoms with Gasteiger partial charge in [-0.3, -0.25) is 9.88 Å². The van der Waals surface area contributed by atoms with Crippen LogP contribution in [0.5, 0.6) is 5.75 Å². The molecule has 2 aromatic carbocycles. The molecule has 0 saturated carbocycles. The predicted octanol–water partition coefficient (Wildman–Crippen LogP) is 4.99. The van der Waals surface area contributed by atoms with Gasteiger partial charge in [-0.05, 0) is 60.2 Å². The van der Waals surface area contributed by atoms with Crippen LogP contribution in [0.3, 0.4) is 0 Å². The maximum absolute atomic E-state index is 15.6.